The van der Waals surface area contributed by atoms with Gasteiger partial charge in [0.1, 0.15) is 13.1 Å². The lowest BCUT2D eigenvalue weighted by atomic mass is 10.1. The molecule has 0 radical (unpaired) electrons. The topological polar surface area (TPSA) is 137 Å². The maximum Gasteiger partial charge on any atom is 0.338 e. The van der Waals surface area contributed by atoms with Crippen LogP contribution in [0.1, 0.15) is 20.7 Å². The molecule has 0 atom stereocenters. The Balaban J connectivity index is 3.33. The normalized spacial score (nSPS) is 9.23. The number of nitriles is 2. The van der Waals surface area contributed by atoms with Gasteiger partial charge in [0.25, 0.3) is 11.6 Å². The van der Waals surface area contributed by atoms with E-state index in [-0.39, 0.29) is 24.2 Å². The molecule has 22 heavy (non-hydrogen) atoms. The third kappa shape index (κ3) is 3.77. The molecular weight excluding hydrogens is 292 g/mol. The van der Waals surface area contributed by atoms with Crippen molar-refractivity contribution < 1.29 is 19.2 Å². The summed E-state index contributed by atoms with van der Waals surface area (Å²) in [6.45, 7) is -0.717. The minimum absolute atomic E-state index is 0.172. The van der Waals surface area contributed by atoms with Gasteiger partial charge in [-0.3, -0.25) is 14.9 Å². The Labute approximate surface area is 125 Å². The highest BCUT2D eigenvalue weighted by Crippen LogP contribution is 2.19. The molecule has 1 amide bonds. The van der Waals surface area contributed by atoms with Crippen LogP contribution in [-0.2, 0) is 4.74 Å². The zero-order chi connectivity index (χ0) is 16.7. The van der Waals surface area contributed by atoms with E-state index in [1.807, 2.05) is 0 Å². The molecule has 1 rings (SSSR count). The lowest BCUT2D eigenvalue weighted by molar-refractivity contribution is -0.384. The van der Waals surface area contributed by atoms with Crippen LogP contribution in [0.2, 0.25) is 0 Å². The average molecular weight is 302 g/mol. The van der Waals surface area contributed by atoms with Crippen molar-refractivity contribution in [2.75, 3.05) is 20.2 Å². The standard InChI is InChI=1S/C13H10N4O5/c1-22-13(19)10-6-9(7-11(8-10)17(20)21)12(18)16(4-2-14)5-3-15/h6-8H,4-5H2,1H3. The number of esters is 1. The van der Waals surface area contributed by atoms with Crippen molar-refractivity contribution in [3.8, 4) is 12.1 Å². The van der Waals surface area contributed by atoms with Gasteiger partial charge in [0.2, 0.25) is 0 Å². The number of rotatable bonds is 5. The lowest BCUT2D eigenvalue weighted by Crippen LogP contribution is -2.32. The summed E-state index contributed by atoms with van der Waals surface area (Å²) >= 11 is 0. The van der Waals surface area contributed by atoms with E-state index in [1.54, 1.807) is 12.1 Å². The van der Waals surface area contributed by atoms with Crippen molar-refractivity contribution in [3.63, 3.8) is 0 Å². The second-order valence-electron chi connectivity index (χ2n) is 3.99. The first-order chi connectivity index (χ1) is 10.4. The number of hydrogen-bond donors (Lipinski definition) is 0. The van der Waals surface area contributed by atoms with E-state index in [4.69, 9.17) is 10.5 Å². The molecule has 0 fully saturated rings. The zero-order valence-electron chi connectivity index (χ0n) is 11.5. The van der Waals surface area contributed by atoms with Crippen LogP contribution in [0.4, 0.5) is 5.69 Å². The van der Waals surface area contributed by atoms with Gasteiger partial charge in [0.15, 0.2) is 0 Å². The molecule has 0 N–H and O–H groups in total. The summed E-state index contributed by atoms with van der Waals surface area (Å²) in [6.07, 6.45) is 0. The van der Waals surface area contributed by atoms with Gasteiger partial charge in [0.05, 0.1) is 29.7 Å². The van der Waals surface area contributed by atoms with Crippen LogP contribution >= 0.6 is 0 Å². The van der Waals surface area contributed by atoms with E-state index < -0.39 is 22.5 Å². The van der Waals surface area contributed by atoms with Crippen LogP contribution in [0.15, 0.2) is 18.2 Å². The van der Waals surface area contributed by atoms with Crippen LogP contribution in [0.3, 0.4) is 0 Å². The monoisotopic (exact) mass is 302 g/mol. The van der Waals surface area contributed by atoms with Crippen LogP contribution in [0.25, 0.3) is 0 Å². The Hall–Kier alpha value is -3.46. The smallest absolute Gasteiger partial charge is 0.338 e. The van der Waals surface area contributed by atoms with Crippen LogP contribution in [0, 0.1) is 32.8 Å². The molecule has 9 nitrogen and oxygen atoms in total. The van der Waals surface area contributed by atoms with Crippen molar-refractivity contribution in [3.05, 3.63) is 39.4 Å². The number of carbonyl (C=O) groups excluding carboxylic acids is 2. The Bertz CT molecular complexity index is 685. The number of methoxy groups -OCH3 is 1. The number of non-ortho nitro benzene ring substituents is 1. The second kappa shape index (κ2) is 7.36. The van der Waals surface area contributed by atoms with Gasteiger partial charge in [-0.25, -0.2) is 4.79 Å². The SMILES string of the molecule is COC(=O)c1cc(C(=O)N(CC#N)CC#N)cc([N+](=O)[O-])c1. The molecule has 0 heterocycles. The number of nitro benzene ring substituents is 1. The average Bonchev–Trinajstić information content (AvgIpc) is 2.52. The summed E-state index contributed by atoms with van der Waals surface area (Å²) in [5.74, 6) is -1.61. The van der Waals surface area contributed by atoms with Gasteiger partial charge in [-0.1, -0.05) is 0 Å². The zero-order valence-corrected chi connectivity index (χ0v) is 11.5. The van der Waals surface area contributed by atoms with Gasteiger partial charge in [0, 0.05) is 17.7 Å². The molecule has 9 heteroatoms. The fraction of sp³-hybridized carbons (Fsp3) is 0.231. The maximum absolute atomic E-state index is 12.2. The van der Waals surface area contributed by atoms with Gasteiger partial charge < -0.3 is 9.64 Å². The number of nitrogens with zero attached hydrogens (tertiary/aromatic N) is 4. The second-order valence-corrected chi connectivity index (χ2v) is 3.99. The highest BCUT2D eigenvalue weighted by atomic mass is 16.6. The summed E-state index contributed by atoms with van der Waals surface area (Å²) in [5, 5.41) is 28.2. The number of benzene rings is 1. The number of hydrogen-bond acceptors (Lipinski definition) is 7. The van der Waals surface area contributed by atoms with Crippen molar-refractivity contribution in [1.82, 2.24) is 4.90 Å². The fourth-order valence-electron chi connectivity index (χ4n) is 1.63. The van der Waals surface area contributed by atoms with Gasteiger partial charge in [-0.2, -0.15) is 10.5 Å². The Morgan fingerprint density at radius 3 is 2.23 bits per heavy atom. The first-order valence-electron chi connectivity index (χ1n) is 5.85. The van der Waals surface area contributed by atoms with Gasteiger partial charge in [-0.05, 0) is 6.07 Å². The summed E-state index contributed by atoms with van der Waals surface area (Å²) < 4.78 is 4.47. The van der Waals surface area contributed by atoms with Crippen molar-refractivity contribution in [1.29, 1.82) is 10.5 Å². The molecule has 112 valence electrons. The van der Waals surface area contributed by atoms with E-state index in [0.29, 0.717) is 0 Å². The van der Waals surface area contributed by atoms with E-state index in [0.717, 1.165) is 30.2 Å². The molecule has 0 spiro atoms. The number of carbonyl (C=O) groups is 2. The number of ether oxygens (including phenoxy) is 1. The largest absolute Gasteiger partial charge is 0.465 e. The molecule has 1 aromatic carbocycles. The Morgan fingerprint density at radius 2 is 1.77 bits per heavy atom. The number of amides is 1. The van der Waals surface area contributed by atoms with Crippen molar-refractivity contribution in [2.24, 2.45) is 0 Å². The quantitative estimate of drug-likeness (QED) is 0.340. The predicted molar refractivity (Wildman–Crippen MR) is 71.6 cm³/mol. The molecule has 0 saturated heterocycles. The molecule has 1 aromatic rings. The van der Waals surface area contributed by atoms with Crippen LogP contribution in [-0.4, -0.2) is 41.9 Å². The molecule has 0 aliphatic rings. The fourth-order valence-corrected chi connectivity index (χ4v) is 1.63. The third-order valence-electron chi connectivity index (χ3n) is 2.61. The Morgan fingerprint density at radius 1 is 1.23 bits per heavy atom. The minimum atomic E-state index is -0.843. The van der Waals surface area contributed by atoms with E-state index in [2.05, 4.69) is 4.74 Å². The molecule has 0 aromatic heterocycles. The molecule has 0 unspecified atom stereocenters. The van der Waals surface area contributed by atoms with E-state index in [9.17, 15) is 19.7 Å². The molecule has 0 bridgehead atoms. The summed E-state index contributed by atoms with van der Waals surface area (Å²) in [4.78, 5) is 34.7. The van der Waals surface area contributed by atoms with Crippen molar-refractivity contribution in [2.45, 2.75) is 0 Å². The van der Waals surface area contributed by atoms with Gasteiger partial charge >= 0.3 is 5.97 Å². The van der Waals surface area contributed by atoms with E-state index >= 15 is 0 Å². The highest BCUT2D eigenvalue weighted by Gasteiger charge is 2.21. The minimum Gasteiger partial charge on any atom is -0.465 e. The van der Waals surface area contributed by atoms with Crippen LogP contribution < -0.4 is 0 Å². The first kappa shape index (κ1) is 16.6. The predicted octanol–water partition coefficient (Wildman–Crippen LogP) is 0.871. The van der Waals surface area contributed by atoms with Gasteiger partial charge in [-0.15, -0.1) is 0 Å². The summed E-state index contributed by atoms with van der Waals surface area (Å²) in [5.41, 5.74) is -0.825. The first-order valence-corrected chi connectivity index (χ1v) is 5.85. The van der Waals surface area contributed by atoms with Crippen molar-refractivity contribution >= 4 is 17.6 Å². The molecule has 0 aliphatic heterocycles. The molecular formula is C13H10N4O5. The summed E-state index contributed by atoms with van der Waals surface area (Å²) in [6, 6.07) is 6.49. The number of nitro groups is 1. The molecule has 0 aliphatic carbocycles. The molecule has 0 saturated carbocycles. The van der Waals surface area contributed by atoms with E-state index in [1.165, 1.54) is 0 Å². The highest BCUT2D eigenvalue weighted by molar-refractivity contribution is 5.99. The maximum atomic E-state index is 12.2. The summed E-state index contributed by atoms with van der Waals surface area (Å²) in [7, 11) is 1.10. The van der Waals surface area contributed by atoms with Crippen LogP contribution in [0.5, 0.6) is 0 Å². The lowest BCUT2D eigenvalue weighted by Gasteiger charge is -2.16. The Kier molecular flexibility index (Phi) is 5.55. The third-order valence-corrected chi connectivity index (χ3v) is 2.61.